The first kappa shape index (κ1) is 18.7. The number of aromatic nitrogens is 4. The second-order valence-electron chi connectivity index (χ2n) is 7.04. The van der Waals surface area contributed by atoms with Crippen molar-refractivity contribution in [2.75, 3.05) is 7.11 Å². The average molecular weight is 390 g/mol. The number of aryl methyl sites for hydroxylation is 1. The van der Waals surface area contributed by atoms with Crippen LogP contribution < -0.4 is 4.74 Å². The summed E-state index contributed by atoms with van der Waals surface area (Å²) >= 11 is 0. The predicted octanol–water partition coefficient (Wildman–Crippen LogP) is 3.73. The monoisotopic (exact) mass is 390 g/mol. The lowest BCUT2D eigenvalue weighted by Crippen LogP contribution is -2.06. The number of H-pyrrole nitrogens is 1. The third-order valence-electron chi connectivity index (χ3n) is 5.11. The number of carbonyl (C=O) groups is 1. The van der Waals surface area contributed by atoms with Gasteiger partial charge in [0.1, 0.15) is 11.6 Å². The molecule has 0 bridgehead atoms. The minimum Gasteiger partial charge on any atom is -0.497 e. The normalized spacial score (nSPS) is 11.1. The molecule has 0 fully saturated rings. The summed E-state index contributed by atoms with van der Waals surface area (Å²) in [4.78, 5) is 19.0. The Morgan fingerprint density at radius 2 is 1.93 bits per heavy atom. The first-order chi connectivity index (χ1) is 13.9. The van der Waals surface area contributed by atoms with Crippen molar-refractivity contribution in [2.45, 2.75) is 26.8 Å². The molecule has 2 aromatic carbocycles. The number of carboxylic acids is 1. The zero-order chi connectivity index (χ0) is 20.5. The molecule has 0 aliphatic heterocycles. The molecule has 2 N–H and O–H groups in total. The Morgan fingerprint density at radius 3 is 2.62 bits per heavy atom. The van der Waals surface area contributed by atoms with Gasteiger partial charge in [0.15, 0.2) is 0 Å². The fourth-order valence-corrected chi connectivity index (χ4v) is 3.49. The van der Waals surface area contributed by atoms with Gasteiger partial charge in [-0.3, -0.25) is 9.48 Å². The number of nitrogens with one attached hydrogen (secondary N) is 1. The molecule has 2 heterocycles. The summed E-state index contributed by atoms with van der Waals surface area (Å²) in [7, 11) is 1.64. The standard InChI is InChI=1S/C22H22N4O3/c1-13-18(11-21(27)28)14(2)26(25-13)12-15-4-6-16(7-5-15)22-23-19-9-8-17(29-3)10-20(19)24-22/h4-10H,11-12H2,1-3H3,(H,23,24)(H,27,28). The van der Waals surface area contributed by atoms with Crippen molar-refractivity contribution < 1.29 is 14.6 Å². The van der Waals surface area contributed by atoms with Gasteiger partial charge in [0.25, 0.3) is 0 Å². The van der Waals surface area contributed by atoms with Crippen LogP contribution in [0.4, 0.5) is 0 Å². The summed E-state index contributed by atoms with van der Waals surface area (Å²) < 4.78 is 7.12. The zero-order valence-corrected chi connectivity index (χ0v) is 16.6. The molecule has 2 aromatic heterocycles. The van der Waals surface area contributed by atoms with Gasteiger partial charge >= 0.3 is 5.97 Å². The molecule has 0 radical (unpaired) electrons. The van der Waals surface area contributed by atoms with Crippen LogP contribution in [0.5, 0.6) is 5.75 Å². The quantitative estimate of drug-likeness (QED) is 0.523. The predicted molar refractivity (Wildman–Crippen MR) is 110 cm³/mol. The van der Waals surface area contributed by atoms with E-state index in [0.29, 0.717) is 6.54 Å². The first-order valence-electron chi connectivity index (χ1n) is 9.32. The van der Waals surface area contributed by atoms with Gasteiger partial charge in [-0.25, -0.2) is 4.98 Å². The number of ether oxygens (including phenoxy) is 1. The number of aromatic amines is 1. The van der Waals surface area contributed by atoms with Crippen molar-refractivity contribution in [2.24, 2.45) is 0 Å². The Bertz CT molecular complexity index is 1190. The zero-order valence-electron chi connectivity index (χ0n) is 16.6. The molecular formula is C22H22N4O3. The van der Waals surface area contributed by atoms with E-state index < -0.39 is 5.97 Å². The second-order valence-corrected chi connectivity index (χ2v) is 7.04. The Labute approximate surface area is 168 Å². The summed E-state index contributed by atoms with van der Waals surface area (Å²) in [6.45, 7) is 4.35. The summed E-state index contributed by atoms with van der Waals surface area (Å²) in [6, 6.07) is 13.9. The lowest BCUT2D eigenvalue weighted by Gasteiger charge is -2.06. The number of nitrogens with zero attached hydrogens (tertiary/aromatic N) is 3. The van der Waals surface area contributed by atoms with Crippen LogP contribution in [0, 0.1) is 13.8 Å². The third-order valence-corrected chi connectivity index (χ3v) is 5.11. The highest BCUT2D eigenvalue weighted by molar-refractivity contribution is 5.80. The molecule has 0 saturated heterocycles. The molecule has 4 aromatic rings. The number of carboxylic acid groups (broad SMARTS) is 1. The molecule has 0 amide bonds. The largest absolute Gasteiger partial charge is 0.497 e. The molecule has 7 heteroatoms. The minimum absolute atomic E-state index is 0.00651. The molecule has 148 valence electrons. The van der Waals surface area contributed by atoms with E-state index in [2.05, 4.69) is 15.1 Å². The van der Waals surface area contributed by atoms with E-state index >= 15 is 0 Å². The Balaban J connectivity index is 1.56. The van der Waals surface area contributed by atoms with Gasteiger partial charge in [-0.15, -0.1) is 0 Å². The highest BCUT2D eigenvalue weighted by Crippen LogP contribution is 2.24. The summed E-state index contributed by atoms with van der Waals surface area (Å²) in [5.41, 5.74) is 6.32. The second kappa shape index (κ2) is 7.43. The van der Waals surface area contributed by atoms with Gasteiger partial charge in [-0.05, 0) is 31.5 Å². The molecule has 0 aliphatic rings. The van der Waals surface area contributed by atoms with Crippen LogP contribution in [0.1, 0.15) is 22.5 Å². The van der Waals surface area contributed by atoms with Crippen molar-refractivity contribution >= 4 is 17.0 Å². The van der Waals surface area contributed by atoms with Crippen LogP contribution in [0.2, 0.25) is 0 Å². The van der Waals surface area contributed by atoms with E-state index in [-0.39, 0.29) is 6.42 Å². The van der Waals surface area contributed by atoms with E-state index in [1.165, 1.54) is 0 Å². The number of imidazole rings is 1. The summed E-state index contributed by atoms with van der Waals surface area (Å²) in [6.07, 6.45) is -0.00651. The number of hydrogen-bond acceptors (Lipinski definition) is 4. The lowest BCUT2D eigenvalue weighted by atomic mass is 10.1. The first-order valence-corrected chi connectivity index (χ1v) is 9.32. The highest BCUT2D eigenvalue weighted by Gasteiger charge is 2.14. The lowest BCUT2D eigenvalue weighted by molar-refractivity contribution is -0.136. The number of hydrogen-bond donors (Lipinski definition) is 2. The summed E-state index contributed by atoms with van der Waals surface area (Å²) in [5, 5.41) is 13.6. The maximum Gasteiger partial charge on any atom is 0.307 e. The molecule has 4 rings (SSSR count). The van der Waals surface area contributed by atoms with Crippen LogP contribution in [0.15, 0.2) is 42.5 Å². The van der Waals surface area contributed by atoms with Gasteiger partial charge in [0.05, 0.1) is 36.8 Å². The van der Waals surface area contributed by atoms with E-state index in [1.54, 1.807) is 7.11 Å². The van der Waals surface area contributed by atoms with Crippen LogP contribution in [-0.2, 0) is 17.8 Å². The number of benzene rings is 2. The van der Waals surface area contributed by atoms with Gasteiger partial charge in [0.2, 0.25) is 0 Å². The van der Waals surface area contributed by atoms with Crippen LogP contribution in [0.25, 0.3) is 22.4 Å². The molecule has 0 atom stereocenters. The van der Waals surface area contributed by atoms with Crippen molar-refractivity contribution in [3.63, 3.8) is 0 Å². The smallest absolute Gasteiger partial charge is 0.307 e. The van der Waals surface area contributed by atoms with Crippen molar-refractivity contribution in [1.82, 2.24) is 19.7 Å². The molecule has 29 heavy (non-hydrogen) atoms. The van der Waals surface area contributed by atoms with Gasteiger partial charge in [-0.1, -0.05) is 24.3 Å². The van der Waals surface area contributed by atoms with E-state index in [1.807, 2.05) is 61.0 Å². The topological polar surface area (TPSA) is 93.0 Å². The number of aliphatic carboxylic acids is 1. The summed E-state index contributed by atoms with van der Waals surface area (Å²) in [5.74, 6) is 0.744. The fourth-order valence-electron chi connectivity index (χ4n) is 3.49. The van der Waals surface area contributed by atoms with Crippen LogP contribution in [-0.4, -0.2) is 37.9 Å². The van der Waals surface area contributed by atoms with E-state index in [0.717, 1.165) is 50.7 Å². The number of fused-ring (bicyclic) bond motifs is 1. The number of rotatable bonds is 6. The molecule has 0 spiro atoms. The molecule has 0 unspecified atom stereocenters. The average Bonchev–Trinajstić information content (AvgIpc) is 3.24. The maximum absolute atomic E-state index is 11.1. The van der Waals surface area contributed by atoms with Gasteiger partial charge in [-0.2, -0.15) is 5.10 Å². The molecule has 0 saturated carbocycles. The molecule has 7 nitrogen and oxygen atoms in total. The van der Waals surface area contributed by atoms with Crippen LogP contribution >= 0.6 is 0 Å². The van der Waals surface area contributed by atoms with Gasteiger partial charge in [0, 0.05) is 22.9 Å². The van der Waals surface area contributed by atoms with E-state index in [4.69, 9.17) is 9.84 Å². The SMILES string of the molecule is COc1ccc2nc(-c3ccc(Cn4nc(C)c(CC(=O)O)c4C)cc3)[nH]c2c1. The van der Waals surface area contributed by atoms with Crippen molar-refractivity contribution in [3.8, 4) is 17.1 Å². The van der Waals surface area contributed by atoms with Crippen LogP contribution in [0.3, 0.4) is 0 Å². The van der Waals surface area contributed by atoms with Gasteiger partial charge < -0.3 is 14.8 Å². The third kappa shape index (κ3) is 3.71. The highest BCUT2D eigenvalue weighted by atomic mass is 16.5. The number of methoxy groups -OCH3 is 1. The Hall–Kier alpha value is -3.61. The van der Waals surface area contributed by atoms with E-state index in [9.17, 15) is 4.79 Å². The Kier molecular flexibility index (Phi) is 4.80. The molecular weight excluding hydrogens is 368 g/mol. The Morgan fingerprint density at radius 1 is 1.17 bits per heavy atom. The minimum atomic E-state index is -0.844. The fraction of sp³-hybridized carbons (Fsp3) is 0.227. The molecule has 0 aliphatic carbocycles. The van der Waals surface area contributed by atoms with Crippen molar-refractivity contribution in [3.05, 3.63) is 65.0 Å². The van der Waals surface area contributed by atoms with Crippen molar-refractivity contribution in [1.29, 1.82) is 0 Å². The maximum atomic E-state index is 11.1.